The lowest BCUT2D eigenvalue weighted by Crippen LogP contribution is -2.35. The van der Waals surface area contributed by atoms with Gasteiger partial charge in [0.1, 0.15) is 17.4 Å². The van der Waals surface area contributed by atoms with Crippen LogP contribution < -0.4 is 4.74 Å². The van der Waals surface area contributed by atoms with Crippen molar-refractivity contribution in [2.75, 3.05) is 6.61 Å². The maximum Gasteiger partial charge on any atom is 0.283 e. The van der Waals surface area contributed by atoms with Crippen LogP contribution in [0, 0.1) is 19.3 Å². The second kappa shape index (κ2) is 10.2. The molecule has 1 aromatic heterocycles. The third kappa shape index (κ3) is 4.77. The molecule has 0 saturated carbocycles. The number of rotatable bonds is 6. The predicted molar refractivity (Wildman–Crippen MR) is 159 cm³/mol. The lowest BCUT2D eigenvalue weighted by Gasteiger charge is -2.20. The molecule has 2 aliphatic heterocycles. The summed E-state index contributed by atoms with van der Waals surface area (Å²) >= 11 is 7.58. The van der Waals surface area contributed by atoms with Gasteiger partial charge in [-0.3, -0.25) is 10.2 Å². The lowest BCUT2D eigenvalue weighted by molar-refractivity contribution is -0.114. The van der Waals surface area contributed by atoms with Gasteiger partial charge in [0.2, 0.25) is 5.17 Å². The van der Waals surface area contributed by atoms with Gasteiger partial charge in [0, 0.05) is 28.2 Å². The number of ether oxygens (including phenoxy) is 1. The van der Waals surface area contributed by atoms with E-state index in [2.05, 4.69) is 27.7 Å². The molecule has 1 N–H and O–H groups in total. The molecule has 1 amide bonds. The van der Waals surface area contributed by atoms with Gasteiger partial charge in [-0.05, 0) is 55.4 Å². The second-order valence-corrected chi connectivity index (χ2v) is 10.7. The van der Waals surface area contributed by atoms with Crippen molar-refractivity contribution >= 4 is 62.3 Å². The number of hydrogen-bond donors (Lipinski definition) is 1. The maximum absolute atomic E-state index is 13.0. The molecule has 6 rings (SSSR count). The van der Waals surface area contributed by atoms with Crippen molar-refractivity contribution in [1.82, 2.24) is 9.58 Å². The number of benzene rings is 3. The minimum atomic E-state index is -0.468. The first-order valence-electron chi connectivity index (χ1n) is 12.4. The van der Waals surface area contributed by atoms with E-state index in [9.17, 15) is 4.79 Å². The Bertz CT molecular complexity index is 1750. The van der Waals surface area contributed by atoms with Crippen LogP contribution in [0.4, 0.5) is 0 Å². The van der Waals surface area contributed by atoms with Gasteiger partial charge in [-0.1, -0.05) is 65.7 Å². The second-order valence-electron chi connectivity index (χ2n) is 9.32. The molecule has 3 heterocycles. The zero-order valence-corrected chi connectivity index (χ0v) is 22.9. The number of nitrogens with one attached hydrogen (secondary N) is 1. The molecule has 0 aliphatic carbocycles. The van der Waals surface area contributed by atoms with E-state index in [1.807, 2.05) is 67.7 Å². The lowest BCUT2D eigenvalue weighted by atomic mass is 10.1. The Hall–Kier alpha value is -4.14. The van der Waals surface area contributed by atoms with Gasteiger partial charge in [0.05, 0.1) is 17.1 Å². The third-order valence-corrected chi connectivity index (χ3v) is 7.87. The Kier molecular flexibility index (Phi) is 6.58. The van der Waals surface area contributed by atoms with Gasteiger partial charge in [-0.15, -0.1) is 0 Å². The predicted octanol–water partition coefficient (Wildman–Crippen LogP) is 6.66. The van der Waals surface area contributed by atoms with Crippen LogP contribution >= 0.6 is 23.4 Å². The Labute approximate surface area is 235 Å². The number of aryl methyl sites for hydroxylation is 2. The van der Waals surface area contributed by atoms with Crippen molar-refractivity contribution in [3.63, 3.8) is 0 Å². The topological polar surface area (TPSA) is 83.0 Å². The van der Waals surface area contributed by atoms with Crippen LogP contribution in [-0.4, -0.2) is 38.1 Å². The summed E-state index contributed by atoms with van der Waals surface area (Å²) in [7, 11) is 0. The summed E-state index contributed by atoms with van der Waals surface area (Å²) in [6.07, 6.45) is 3.71. The van der Waals surface area contributed by atoms with E-state index in [-0.39, 0.29) is 11.4 Å². The Morgan fingerprint density at radius 3 is 2.69 bits per heavy atom. The third-order valence-electron chi connectivity index (χ3n) is 6.60. The molecule has 0 atom stereocenters. The fourth-order valence-corrected chi connectivity index (χ4v) is 5.89. The normalized spacial score (nSPS) is 16.1. The molecule has 2 aliphatic rings. The van der Waals surface area contributed by atoms with Crippen molar-refractivity contribution in [3.05, 3.63) is 106 Å². The fourth-order valence-electron chi connectivity index (χ4n) is 4.68. The number of hydrazone groups is 1. The van der Waals surface area contributed by atoms with Gasteiger partial charge in [0.15, 0.2) is 5.84 Å². The molecule has 4 aromatic rings. The first-order chi connectivity index (χ1) is 18.9. The Morgan fingerprint density at radius 1 is 1.08 bits per heavy atom. The Balaban J connectivity index is 1.28. The van der Waals surface area contributed by atoms with Crippen LogP contribution in [0.2, 0.25) is 5.02 Å². The molecule has 9 heteroatoms. The number of aliphatic imine (C=N–C) groups is 1. The van der Waals surface area contributed by atoms with Crippen molar-refractivity contribution in [3.8, 4) is 5.75 Å². The van der Waals surface area contributed by atoms with Crippen molar-refractivity contribution in [2.24, 2.45) is 10.1 Å². The van der Waals surface area contributed by atoms with E-state index in [1.165, 1.54) is 22.3 Å². The standard InChI is InChI=1S/C30H24ClN5O2S/c1-18-11-12-26(19(2)15-18)38-14-13-35-17-20(21-7-4-6-10-25(21)35)16-23-27(32)36-30(33-28(23)37)39-29(34-36)22-8-3-5-9-24(22)31/h3-12,15-17,32H,13-14H2,1-2H3/b23-16+,32-27?. The van der Waals surface area contributed by atoms with Gasteiger partial charge < -0.3 is 9.30 Å². The van der Waals surface area contributed by atoms with Crippen LogP contribution in [0.5, 0.6) is 5.75 Å². The number of hydrogen-bond acceptors (Lipinski definition) is 5. The molecule has 0 radical (unpaired) electrons. The highest BCUT2D eigenvalue weighted by Crippen LogP contribution is 2.34. The number of amidine groups is 2. The molecule has 0 saturated heterocycles. The van der Waals surface area contributed by atoms with E-state index in [0.29, 0.717) is 28.4 Å². The first kappa shape index (κ1) is 25.2. The Morgan fingerprint density at radius 2 is 1.87 bits per heavy atom. The highest BCUT2D eigenvalue weighted by molar-refractivity contribution is 8.27. The monoisotopic (exact) mass is 553 g/mol. The van der Waals surface area contributed by atoms with Crippen LogP contribution in [0.15, 0.2) is 88.6 Å². The fraction of sp³-hybridized carbons (Fsp3) is 0.133. The van der Waals surface area contributed by atoms with Gasteiger partial charge in [0.25, 0.3) is 5.91 Å². The minimum absolute atomic E-state index is 0.0189. The van der Waals surface area contributed by atoms with Crippen LogP contribution in [-0.2, 0) is 11.3 Å². The van der Waals surface area contributed by atoms with E-state index in [1.54, 1.807) is 12.1 Å². The number of para-hydroxylation sites is 1. The number of halogens is 1. The molecule has 0 fully saturated rings. The van der Waals surface area contributed by atoms with Gasteiger partial charge in [-0.2, -0.15) is 15.1 Å². The van der Waals surface area contributed by atoms with E-state index in [0.717, 1.165) is 33.3 Å². The molecule has 0 unspecified atom stereocenters. The zero-order valence-electron chi connectivity index (χ0n) is 21.3. The number of fused-ring (bicyclic) bond motifs is 2. The van der Waals surface area contributed by atoms with Crippen molar-refractivity contribution < 1.29 is 9.53 Å². The van der Waals surface area contributed by atoms with Crippen molar-refractivity contribution in [2.45, 2.75) is 20.4 Å². The molecule has 39 heavy (non-hydrogen) atoms. The number of carbonyl (C=O) groups excluding carboxylic acids is 1. The summed E-state index contributed by atoms with van der Waals surface area (Å²) in [6.45, 7) is 5.22. The summed E-state index contributed by atoms with van der Waals surface area (Å²) in [4.78, 5) is 17.3. The molecule has 3 aromatic carbocycles. The van der Waals surface area contributed by atoms with E-state index >= 15 is 0 Å². The molecule has 0 spiro atoms. The quantitative estimate of drug-likeness (QED) is 0.271. The average Bonchev–Trinajstić information content (AvgIpc) is 3.50. The summed E-state index contributed by atoms with van der Waals surface area (Å²) < 4.78 is 8.17. The number of aromatic nitrogens is 1. The van der Waals surface area contributed by atoms with Crippen LogP contribution in [0.1, 0.15) is 22.3 Å². The summed E-state index contributed by atoms with van der Waals surface area (Å²) in [5.74, 6) is 0.383. The average molecular weight is 554 g/mol. The number of carbonyl (C=O) groups is 1. The van der Waals surface area contributed by atoms with E-state index in [4.69, 9.17) is 21.7 Å². The van der Waals surface area contributed by atoms with Crippen LogP contribution in [0.3, 0.4) is 0 Å². The molecule has 7 nitrogen and oxygen atoms in total. The van der Waals surface area contributed by atoms with Gasteiger partial charge in [-0.25, -0.2) is 0 Å². The zero-order chi connectivity index (χ0) is 27.1. The SMILES string of the molecule is Cc1ccc(OCCn2cc(/C=C3\C(=N)N4N=C(c5ccccc5Cl)SC4=NC3=O)c3ccccc32)c(C)c1. The number of nitrogens with zero attached hydrogens (tertiary/aromatic N) is 4. The highest BCUT2D eigenvalue weighted by Gasteiger charge is 2.36. The first-order valence-corrected chi connectivity index (χ1v) is 13.6. The number of amides is 1. The smallest absolute Gasteiger partial charge is 0.283 e. The summed E-state index contributed by atoms with van der Waals surface area (Å²) in [5, 5.41) is 17.2. The molecule has 0 bridgehead atoms. The number of thioether (sulfide) groups is 1. The van der Waals surface area contributed by atoms with Crippen molar-refractivity contribution in [1.29, 1.82) is 5.41 Å². The van der Waals surface area contributed by atoms with Gasteiger partial charge >= 0.3 is 0 Å². The minimum Gasteiger partial charge on any atom is -0.491 e. The largest absolute Gasteiger partial charge is 0.491 e. The van der Waals surface area contributed by atoms with Crippen LogP contribution in [0.25, 0.3) is 17.0 Å². The molecular formula is C30H24ClN5O2S. The maximum atomic E-state index is 13.0. The highest BCUT2D eigenvalue weighted by atomic mass is 35.5. The summed E-state index contributed by atoms with van der Waals surface area (Å²) in [5.41, 5.74) is 5.06. The molecular weight excluding hydrogens is 530 g/mol. The molecule has 194 valence electrons. The van der Waals surface area contributed by atoms with E-state index < -0.39 is 5.91 Å². The summed E-state index contributed by atoms with van der Waals surface area (Å²) in [6, 6.07) is 21.5.